The molecular weight excluding hydrogens is 276 g/mol. The Kier molecular flexibility index (Phi) is 6.31. The van der Waals surface area contributed by atoms with E-state index in [0.29, 0.717) is 19.0 Å². The van der Waals surface area contributed by atoms with Crippen LogP contribution in [0.4, 0.5) is 17.5 Å². The molecule has 21 heavy (non-hydrogen) atoms. The summed E-state index contributed by atoms with van der Waals surface area (Å²) in [7, 11) is 0. The van der Waals surface area contributed by atoms with Crippen molar-refractivity contribution in [3.8, 4) is 0 Å². The molecule has 1 heterocycles. The van der Waals surface area contributed by atoms with Gasteiger partial charge in [0, 0.05) is 13.1 Å². The molecule has 0 atom stereocenters. The fourth-order valence-electron chi connectivity index (χ4n) is 1.65. The Morgan fingerprint density at radius 3 is 2.57 bits per heavy atom. The van der Waals surface area contributed by atoms with Crippen molar-refractivity contribution in [2.75, 3.05) is 30.3 Å². The highest BCUT2D eigenvalue weighted by Crippen LogP contribution is 2.26. The molecule has 0 saturated heterocycles. The summed E-state index contributed by atoms with van der Waals surface area (Å²) < 4.78 is 0. The Morgan fingerprint density at radius 2 is 2.00 bits per heavy atom. The van der Waals surface area contributed by atoms with Crippen LogP contribution >= 0.6 is 0 Å². The standard InChI is InChI=1S/C12H20N6O3/c1-4-6-14-12-16-8(3)10(18(20)21)11(17-12)15-7-9(19)13-5-2/h4-7H2,1-3H3,(H,13,19)(H2,14,15,16,17). The number of anilines is 2. The van der Waals surface area contributed by atoms with Gasteiger partial charge in [-0.25, -0.2) is 4.98 Å². The predicted octanol–water partition coefficient (Wildman–Crippen LogP) is 1.06. The van der Waals surface area contributed by atoms with E-state index in [1.54, 1.807) is 6.92 Å². The lowest BCUT2D eigenvalue weighted by Gasteiger charge is -2.10. The van der Waals surface area contributed by atoms with Gasteiger partial charge in [0.15, 0.2) is 0 Å². The smallest absolute Gasteiger partial charge is 0.332 e. The van der Waals surface area contributed by atoms with E-state index in [4.69, 9.17) is 0 Å². The number of carbonyl (C=O) groups is 1. The number of likely N-dealkylation sites (N-methyl/N-ethyl adjacent to an activating group) is 1. The minimum atomic E-state index is -0.557. The Labute approximate surface area is 122 Å². The van der Waals surface area contributed by atoms with Crippen LogP contribution in [-0.4, -0.2) is 40.4 Å². The third-order valence-electron chi connectivity index (χ3n) is 2.56. The molecule has 0 aromatic carbocycles. The summed E-state index contributed by atoms with van der Waals surface area (Å²) in [6, 6.07) is 0. The van der Waals surface area contributed by atoms with Gasteiger partial charge in [-0.1, -0.05) is 6.92 Å². The van der Waals surface area contributed by atoms with Crippen LogP contribution in [0.2, 0.25) is 0 Å². The molecule has 0 aliphatic carbocycles. The van der Waals surface area contributed by atoms with Crippen LogP contribution < -0.4 is 16.0 Å². The number of amides is 1. The van der Waals surface area contributed by atoms with Crippen molar-refractivity contribution < 1.29 is 9.72 Å². The summed E-state index contributed by atoms with van der Waals surface area (Å²) in [5.41, 5.74) is 0.0216. The van der Waals surface area contributed by atoms with Gasteiger partial charge in [-0.15, -0.1) is 0 Å². The summed E-state index contributed by atoms with van der Waals surface area (Å²) in [4.78, 5) is 30.1. The van der Waals surface area contributed by atoms with E-state index in [1.165, 1.54) is 6.92 Å². The first-order valence-electron chi connectivity index (χ1n) is 6.77. The number of aryl methyl sites for hydroxylation is 1. The monoisotopic (exact) mass is 296 g/mol. The van der Waals surface area contributed by atoms with Crippen LogP contribution in [-0.2, 0) is 4.79 Å². The molecule has 1 amide bonds. The van der Waals surface area contributed by atoms with Crippen molar-refractivity contribution >= 4 is 23.4 Å². The molecule has 9 heteroatoms. The first kappa shape index (κ1) is 16.6. The average Bonchev–Trinajstić information content (AvgIpc) is 2.42. The molecule has 0 saturated carbocycles. The van der Waals surface area contributed by atoms with E-state index in [1.807, 2.05) is 6.92 Å². The first-order chi connectivity index (χ1) is 9.99. The molecule has 0 bridgehead atoms. The second-order valence-corrected chi connectivity index (χ2v) is 4.32. The fraction of sp³-hybridized carbons (Fsp3) is 0.583. The molecule has 0 aliphatic rings. The topological polar surface area (TPSA) is 122 Å². The van der Waals surface area contributed by atoms with Gasteiger partial charge in [0.05, 0.1) is 11.5 Å². The van der Waals surface area contributed by atoms with Crippen molar-refractivity contribution in [3.63, 3.8) is 0 Å². The maximum Gasteiger partial charge on any atom is 0.332 e. The van der Waals surface area contributed by atoms with E-state index in [-0.39, 0.29) is 29.7 Å². The quantitative estimate of drug-likeness (QED) is 0.484. The van der Waals surface area contributed by atoms with E-state index in [9.17, 15) is 14.9 Å². The molecule has 0 unspecified atom stereocenters. The average molecular weight is 296 g/mol. The van der Waals surface area contributed by atoms with Gasteiger partial charge in [-0.3, -0.25) is 14.9 Å². The summed E-state index contributed by atoms with van der Waals surface area (Å²) in [5.74, 6) is 0.0850. The Bertz CT molecular complexity index is 520. The number of nitrogens with one attached hydrogen (secondary N) is 3. The number of hydrogen-bond acceptors (Lipinski definition) is 7. The third kappa shape index (κ3) is 4.86. The van der Waals surface area contributed by atoms with Gasteiger partial charge < -0.3 is 16.0 Å². The van der Waals surface area contributed by atoms with Crippen LogP contribution in [0, 0.1) is 17.0 Å². The van der Waals surface area contributed by atoms with Crippen molar-refractivity contribution in [2.45, 2.75) is 27.2 Å². The zero-order valence-electron chi connectivity index (χ0n) is 12.4. The summed E-state index contributed by atoms with van der Waals surface area (Å²) in [5, 5.41) is 19.4. The minimum absolute atomic E-state index is 0.0392. The van der Waals surface area contributed by atoms with Gasteiger partial charge in [0.25, 0.3) is 0 Å². The lowest BCUT2D eigenvalue weighted by atomic mass is 10.3. The van der Waals surface area contributed by atoms with Gasteiger partial charge in [0.2, 0.25) is 17.7 Å². The summed E-state index contributed by atoms with van der Waals surface area (Å²) in [6.07, 6.45) is 0.876. The van der Waals surface area contributed by atoms with Crippen molar-refractivity contribution in [1.29, 1.82) is 0 Å². The van der Waals surface area contributed by atoms with Crippen LogP contribution in [0.15, 0.2) is 0 Å². The number of rotatable bonds is 8. The molecule has 0 fully saturated rings. The van der Waals surface area contributed by atoms with Crippen LogP contribution in [0.3, 0.4) is 0 Å². The normalized spacial score (nSPS) is 10.0. The molecule has 9 nitrogen and oxygen atoms in total. The van der Waals surface area contributed by atoms with Crippen molar-refractivity contribution in [1.82, 2.24) is 15.3 Å². The number of nitrogens with zero attached hydrogens (tertiary/aromatic N) is 3. The van der Waals surface area contributed by atoms with E-state index >= 15 is 0 Å². The Hall–Kier alpha value is -2.45. The second-order valence-electron chi connectivity index (χ2n) is 4.32. The number of aromatic nitrogens is 2. The van der Waals surface area contributed by atoms with Crippen molar-refractivity contribution in [3.05, 3.63) is 15.8 Å². The van der Waals surface area contributed by atoms with Gasteiger partial charge in [-0.05, 0) is 20.3 Å². The molecule has 116 valence electrons. The fourth-order valence-corrected chi connectivity index (χ4v) is 1.65. The Morgan fingerprint density at radius 1 is 1.29 bits per heavy atom. The van der Waals surface area contributed by atoms with Gasteiger partial charge >= 0.3 is 5.69 Å². The molecule has 3 N–H and O–H groups in total. The number of hydrogen-bond donors (Lipinski definition) is 3. The van der Waals surface area contributed by atoms with E-state index in [0.717, 1.165) is 6.42 Å². The largest absolute Gasteiger partial charge is 0.355 e. The molecule has 0 aliphatic heterocycles. The molecule has 0 radical (unpaired) electrons. The number of carbonyl (C=O) groups excluding carboxylic acids is 1. The van der Waals surface area contributed by atoms with Crippen LogP contribution in [0.25, 0.3) is 0 Å². The highest BCUT2D eigenvalue weighted by molar-refractivity contribution is 5.81. The lowest BCUT2D eigenvalue weighted by Crippen LogP contribution is -2.30. The van der Waals surface area contributed by atoms with Gasteiger partial charge in [0.1, 0.15) is 5.69 Å². The SMILES string of the molecule is CCCNc1nc(C)c([N+](=O)[O-])c(NCC(=O)NCC)n1. The third-order valence-corrected chi connectivity index (χ3v) is 2.56. The van der Waals surface area contributed by atoms with Crippen molar-refractivity contribution in [2.24, 2.45) is 0 Å². The Balaban J connectivity index is 2.98. The second kappa shape index (κ2) is 7.98. The number of nitro groups is 1. The molecule has 1 aromatic heterocycles. The lowest BCUT2D eigenvalue weighted by molar-refractivity contribution is -0.385. The highest BCUT2D eigenvalue weighted by atomic mass is 16.6. The first-order valence-corrected chi connectivity index (χ1v) is 6.77. The minimum Gasteiger partial charge on any atom is -0.355 e. The summed E-state index contributed by atoms with van der Waals surface area (Å²) in [6.45, 7) is 6.38. The van der Waals surface area contributed by atoms with Crippen LogP contribution in [0.1, 0.15) is 26.0 Å². The zero-order chi connectivity index (χ0) is 15.8. The maximum atomic E-state index is 11.4. The summed E-state index contributed by atoms with van der Waals surface area (Å²) >= 11 is 0. The van der Waals surface area contributed by atoms with E-state index in [2.05, 4.69) is 25.9 Å². The molecular formula is C12H20N6O3. The predicted molar refractivity (Wildman–Crippen MR) is 79.4 cm³/mol. The highest BCUT2D eigenvalue weighted by Gasteiger charge is 2.22. The van der Waals surface area contributed by atoms with Gasteiger partial charge in [-0.2, -0.15) is 4.98 Å². The molecule has 1 aromatic rings. The maximum absolute atomic E-state index is 11.4. The molecule has 0 spiro atoms. The van der Waals surface area contributed by atoms with Crippen LogP contribution in [0.5, 0.6) is 0 Å². The zero-order valence-corrected chi connectivity index (χ0v) is 12.4. The van der Waals surface area contributed by atoms with E-state index < -0.39 is 4.92 Å². The molecule has 1 rings (SSSR count).